The predicted molar refractivity (Wildman–Crippen MR) is 122 cm³/mol. The fourth-order valence-corrected chi connectivity index (χ4v) is 4.03. The molecule has 4 aromatic rings. The van der Waals surface area contributed by atoms with Gasteiger partial charge < -0.3 is 14.8 Å². The number of hydrogen-bond donors (Lipinski definition) is 2. The fourth-order valence-electron chi connectivity index (χ4n) is 2.93. The number of thiocarbonyl (C=S) groups is 1. The summed E-state index contributed by atoms with van der Waals surface area (Å²) in [5, 5.41) is 19.2. The highest BCUT2D eigenvalue weighted by Gasteiger charge is 2.19. The number of ether oxygens (including phenoxy) is 2. The van der Waals surface area contributed by atoms with Crippen LogP contribution in [-0.2, 0) is 0 Å². The quantitative estimate of drug-likeness (QED) is 0.443. The van der Waals surface area contributed by atoms with Crippen molar-refractivity contribution in [1.29, 1.82) is 0 Å². The summed E-state index contributed by atoms with van der Waals surface area (Å²) in [5.41, 5.74) is 1.93. The third-order valence-electron chi connectivity index (χ3n) is 4.42. The summed E-state index contributed by atoms with van der Waals surface area (Å²) in [5.74, 6) is 1.09. The number of benzene rings is 2. The van der Waals surface area contributed by atoms with Crippen LogP contribution in [0.2, 0.25) is 0 Å². The Morgan fingerprint density at radius 2 is 1.74 bits per heavy atom. The molecule has 0 aliphatic rings. The molecule has 0 aliphatic heterocycles. The van der Waals surface area contributed by atoms with E-state index in [1.54, 1.807) is 22.7 Å². The highest BCUT2D eigenvalue weighted by molar-refractivity contribution is 7.80. The molecule has 0 saturated heterocycles. The Hall–Kier alpha value is -3.57. The van der Waals surface area contributed by atoms with E-state index in [1.165, 1.54) is 25.6 Å². The van der Waals surface area contributed by atoms with Crippen LogP contribution in [0.25, 0.3) is 15.5 Å². The first kappa shape index (κ1) is 20.7. The van der Waals surface area contributed by atoms with E-state index in [9.17, 15) is 4.79 Å². The molecule has 0 saturated carbocycles. The van der Waals surface area contributed by atoms with Crippen LogP contribution in [0, 0.1) is 6.92 Å². The van der Waals surface area contributed by atoms with E-state index < -0.39 is 5.91 Å². The average molecular weight is 455 g/mol. The van der Waals surface area contributed by atoms with Crippen molar-refractivity contribution in [3.63, 3.8) is 0 Å². The van der Waals surface area contributed by atoms with Crippen molar-refractivity contribution in [2.75, 3.05) is 19.5 Å². The zero-order chi connectivity index (χ0) is 22.0. The molecule has 0 fully saturated rings. The Balaban J connectivity index is 1.45. The van der Waals surface area contributed by atoms with E-state index in [1.807, 2.05) is 31.2 Å². The van der Waals surface area contributed by atoms with Crippen LogP contribution >= 0.6 is 23.6 Å². The van der Waals surface area contributed by atoms with Gasteiger partial charge in [-0.1, -0.05) is 17.4 Å². The molecule has 11 heteroatoms. The molecule has 9 nitrogen and oxygen atoms in total. The van der Waals surface area contributed by atoms with Gasteiger partial charge in [-0.3, -0.25) is 10.1 Å². The normalized spacial score (nSPS) is 10.7. The van der Waals surface area contributed by atoms with Crippen LogP contribution in [0.4, 0.5) is 5.69 Å². The SMILES string of the molecule is COc1cccc(OC)c1C(=O)NC(=S)Nc1ccc(-c2nn3c(C)nnc3s2)cc1. The van der Waals surface area contributed by atoms with Gasteiger partial charge in [-0.2, -0.15) is 9.61 Å². The minimum absolute atomic E-state index is 0.153. The summed E-state index contributed by atoms with van der Waals surface area (Å²) in [6.07, 6.45) is 0. The minimum atomic E-state index is -0.432. The second kappa shape index (κ2) is 8.66. The van der Waals surface area contributed by atoms with Crippen molar-refractivity contribution < 1.29 is 14.3 Å². The van der Waals surface area contributed by atoms with Crippen LogP contribution in [0.1, 0.15) is 16.2 Å². The number of aryl methyl sites for hydroxylation is 1. The van der Waals surface area contributed by atoms with E-state index >= 15 is 0 Å². The number of aromatic nitrogens is 4. The summed E-state index contributed by atoms with van der Waals surface area (Å²) < 4.78 is 12.2. The lowest BCUT2D eigenvalue weighted by Crippen LogP contribution is -2.34. The highest BCUT2D eigenvalue weighted by Crippen LogP contribution is 2.28. The van der Waals surface area contributed by atoms with Crippen molar-refractivity contribution in [1.82, 2.24) is 25.1 Å². The maximum atomic E-state index is 12.7. The van der Waals surface area contributed by atoms with Crippen LogP contribution in [-0.4, -0.2) is 45.1 Å². The van der Waals surface area contributed by atoms with Crippen molar-refractivity contribution in [2.24, 2.45) is 0 Å². The number of carbonyl (C=O) groups excluding carboxylic acids is 1. The molecule has 2 aromatic heterocycles. The molecule has 0 spiro atoms. The van der Waals surface area contributed by atoms with Crippen molar-refractivity contribution >= 4 is 45.2 Å². The standard InChI is InChI=1S/C20H18N6O3S2/c1-11-23-24-20-26(11)25-18(31-20)12-7-9-13(10-8-12)21-19(30)22-17(27)16-14(28-2)5-4-6-15(16)29-3/h4-10H,1-3H3,(H2,21,22,27,30). The molecule has 0 atom stereocenters. The lowest BCUT2D eigenvalue weighted by atomic mass is 10.1. The number of nitrogens with zero attached hydrogens (tertiary/aromatic N) is 4. The van der Waals surface area contributed by atoms with Gasteiger partial charge in [0.2, 0.25) is 4.96 Å². The van der Waals surface area contributed by atoms with E-state index in [2.05, 4.69) is 25.9 Å². The molecule has 0 aliphatic carbocycles. The molecule has 31 heavy (non-hydrogen) atoms. The molecule has 0 bridgehead atoms. The van der Waals surface area contributed by atoms with E-state index in [0.29, 0.717) is 11.5 Å². The Morgan fingerprint density at radius 1 is 1.06 bits per heavy atom. The van der Waals surface area contributed by atoms with Gasteiger partial charge in [-0.15, -0.1) is 10.2 Å². The molecule has 158 valence electrons. The summed E-state index contributed by atoms with van der Waals surface area (Å²) in [4.78, 5) is 13.5. The van der Waals surface area contributed by atoms with Gasteiger partial charge in [-0.05, 0) is 55.5 Å². The molecule has 4 rings (SSSR count). The first-order chi connectivity index (χ1) is 15.0. The van der Waals surface area contributed by atoms with Crippen LogP contribution in [0.5, 0.6) is 11.5 Å². The Morgan fingerprint density at radius 3 is 2.35 bits per heavy atom. The van der Waals surface area contributed by atoms with Gasteiger partial charge in [-0.25, -0.2) is 0 Å². The third kappa shape index (κ3) is 4.18. The zero-order valence-electron chi connectivity index (χ0n) is 16.9. The van der Waals surface area contributed by atoms with Crippen LogP contribution in [0.15, 0.2) is 42.5 Å². The average Bonchev–Trinajstić information content (AvgIpc) is 3.35. The molecular formula is C20H18N6O3S2. The first-order valence-electron chi connectivity index (χ1n) is 9.12. The smallest absolute Gasteiger partial charge is 0.264 e. The molecule has 2 N–H and O–H groups in total. The Labute approximate surface area is 187 Å². The van der Waals surface area contributed by atoms with Gasteiger partial charge >= 0.3 is 0 Å². The predicted octanol–water partition coefficient (Wildman–Crippen LogP) is 3.31. The van der Waals surface area contributed by atoms with Gasteiger partial charge in [0.05, 0.1) is 14.2 Å². The minimum Gasteiger partial charge on any atom is -0.496 e. The molecule has 1 amide bonds. The van der Waals surface area contributed by atoms with Crippen molar-refractivity contribution in [2.45, 2.75) is 6.92 Å². The number of hydrogen-bond acceptors (Lipinski definition) is 8. The number of rotatable bonds is 5. The summed E-state index contributed by atoms with van der Waals surface area (Å²) >= 11 is 6.75. The van der Waals surface area contributed by atoms with Gasteiger partial charge in [0.25, 0.3) is 5.91 Å². The number of carbonyl (C=O) groups is 1. The van der Waals surface area contributed by atoms with Gasteiger partial charge in [0, 0.05) is 11.3 Å². The molecule has 2 aromatic carbocycles. The molecule has 0 radical (unpaired) electrons. The summed E-state index contributed by atoms with van der Waals surface area (Å²) in [6.45, 7) is 1.85. The van der Waals surface area contributed by atoms with Crippen molar-refractivity contribution in [3.8, 4) is 22.1 Å². The highest BCUT2D eigenvalue weighted by atomic mass is 32.1. The zero-order valence-corrected chi connectivity index (χ0v) is 18.5. The summed E-state index contributed by atoms with van der Waals surface area (Å²) in [6, 6.07) is 12.6. The first-order valence-corrected chi connectivity index (χ1v) is 10.3. The number of fused-ring (bicyclic) bond motifs is 1. The van der Waals surface area contributed by atoms with Crippen LogP contribution in [0.3, 0.4) is 0 Å². The second-order valence-corrected chi connectivity index (χ2v) is 7.74. The van der Waals surface area contributed by atoms with E-state index in [0.717, 1.165) is 27.0 Å². The van der Waals surface area contributed by atoms with E-state index in [4.69, 9.17) is 21.7 Å². The third-order valence-corrected chi connectivity index (χ3v) is 5.57. The number of anilines is 1. The maximum absolute atomic E-state index is 12.7. The fraction of sp³-hybridized carbons (Fsp3) is 0.150. The Bertz CT molecular complexity index is 1240. The van der Waals surface area contributed by atoms with Crippen LogP contribution < -0.4 is 20.1 Å². The lowest BCUT2D eigenvalue weighted by Gasteiger charge is -2.14. The number of nitrogens with one attached hydrogen (secondary N) is 2. The maximum Gasteiger partial charge on any atom is 0.264 e. The van der Waals surface area contributed by atoms with Gasteiger partial charge in [0.15, 0.2) is 10.9 Å². The summed E-state index contributed by atoms with van der Waals surface area (Å²) in [7, 11) is 2.98. The monoisotopic (exact) mass is 454 g/mol. The largest absolute Gasteiger partial charge is 0.496 e. The lowest BCUT2D eigenvalue weighted by molar-refractivity contribution is 0.0971. The number of methoxy groups -OCH3 is 2. The van der Waals surface area contributed by atoms with E-state index in [-0.39, 0.29) is 10.7 Å². The molecule has 2 heterocycles. The Kier molecular flexibility index (Phi) is 5.78. The topological polar surface area (TPSA) is 103 Å². The molecule has 0 unspecified atom stereocenters. The second-order valence-electron chi connectivity index (χ2n) is 6.37. The van der Waals surface area contributed by atoms with Gasteiger partial charge in [0.1, 0.15) is 22.1 Å². The number of amides is 1. The van der Waals surface area contributed by atoms with Crippen molar-refractivity contribution in [3.05, 3.63) is 53.9 Å². The molecular weight excluding hydrogens is 436 g/mol.